The lowest BCUT2D eigenvalue weighted by Crippen LogP contribution is -2.54. The molecule has 0 aliphatic heterocycles. The zero-order valence-electron chi connectivity index (χ0n) is 14.3. The van der Waals surface area contributed by atoms with Crippen LogP contribution >= 0.6 is 22.6 Å². The van der Waals surface area contributed by atoms with E-state index >= 15 is 0 Å². The highest BCUT2D eigenvalue weighted by atomic mass is 127. The summed E-state index contributed by atoms with van der Waals surface area (Å²) in [5.41, 5.74) is 6.23. The Hall–Kier alpha value is -1.48. The lowest BCUT2D eigenvalue weighted by atomic mass is 9.74. The predicted octanol–water partition coefficient (Wildman–Crippen LogP) is 3.06. The molecule has 0 aromatic carbocycles. The van der Waals surface area contributed by atoms with Crippen molar-refractivity contribution >= 4 is 46.2 Å². The molecule has 1 aromatic rings. The van der Waals surface area contributed by atoms with Crippen molar-refractivity contribution < 1.29 is 14.7 Å². The fraction of sp³-hybridized carbons (Fsp3) is 0.500. The van der Waals surface area contributed by atoms with Crippen LogP contribution < -0.4 is 11.1 Å². The first-order valence-corrected chi connectivity index (χ1v) is 9.51. The van der Waals surface area contributed by atoms with Crippen LogP contribution in [0.5, 0.6) is 0 Å². The smallest absolute Gasteiger partial charge is 0.328 e. The van der Waals surface area contributed by atoms with E-state index in [2.05, 4.69) is 32.9 Å². The minimum absolute atomic E-state index is 0.00755. The van der Waals surface area contributed by atoms with Gasteiger partial charge in [-0.3, -0.25) is 4.79 Å². The van der Waals surface area contributed by atoms with Gasteiger partial charge in [0.05, 0.1) is 15.7 Å². The molecule has 25 heavy (non-hydrogen) atoms. The third kappa shape index (κ3) is 5.50. The molecule has 2 rings (SSSR count). The Morgan fingerprint density at radius 3 is 2.72 bits per heavy atom. The minimum atomic E-state index is -1.01. The van der Waals surface area contributed by atoms with Gasteiger partial charge < -0.3 is 16.2 Å². The molecule has 0 bridgehead atoms. The van der Waals surface area contributed by atoms with Crippen molar-refractivity contribution in [3.05, 3.63) is 27.5 Å². The predicted molar refractivity (Wildman–Crippen MR) is 106 cm³/mol. The van der Waals surface area contributed by atoms with Gasteiger partial charge in [0.25, 0.3) is 0 Å². The highest BCUT2D eigenvalue weighted by molar-refractivity contribution is 14.1. The van der Waals surface area contributed by atoms with Gasteiger partial charge in [0, 0.05) is 12.3 Å². The van der Waals surface area contributed by atoms with E-state index in [0.717, 1.165) is 35.3 Å². The summed E-state index contributed by atoms with van der Waals surface area (Å²) >= 11 is 2.11. The topological polar surface area (TPSA) is 105 Å². The number of ketones is 1. The third-order valence-electron chi connectivity index (χ3n) is 4.75. The highest BCUT2D eigenvalue weighted by Gasteiger charge is 2.37. The number of rotatable bonds is 7. The second kappa shape index (κ2) is 8.75. The van der Waals surface area contributed by atoms with Gasteiger partial charge in [-0.1, -0.05) is 19.3 Å². The van der Waals surface area contributed by atoms with E-state index < -0.39 is 11.5 Å². The molecule has 0 amide bonds. The number of hydrogen-bond acceptors (Lipinski definition) is 5. The van der Waals surface area contributed by atoms with Crippen LogP contribution in [-0.2, 0) is 9.59 Å². The Balaban J connectivity index is 1.98. The van der Waals surface area contributed by atoms with Gasteiger partial charge >= 0.3 is 5.97 Å². The van der Waals surface area contributed by atoms with Crippen LogP contribution in [0.15, 0.2) is 18.3 Å². The van der Waals surface area contributed by atoms with Crippen molar-refractivity contribution in [3.8, 4) is 0 Å². The molecule has 1 unspecified atom stereocenters. The maximum Gasteiger partial charge on any atom is 0.328 e. The van der Waals surface area contributed by atoms with Crippen LogP contribution in [0.3, 0.4) is 0 Å². The summed E-state index contributed by atoms with van der Waals surface area (Å²) in [6, 6.07) is 1.81. The van der Waals surface area contributed by atoms with Crippen molar-refractivity contribution in [1.82, 2.24) is 4.98 Å². The molecule has 6 nitrogen and oxygen atoms in total. The standard InChI is InChI=1S/C18H24IN3O3/c1-18(20,13-5-3-2-4-6-13)15(23)11-22-17-14(19)9-12(10-21-17)7-8-16(24)25/h7-10,13H,2-6,11,20H2,1H3,(H,21,22)(H,24,25)/b8-7+. The number of nitrogens with one attached hydrogen (secondary N) is 1. The molecule has 7 heteroatoms. The summed E-state index contributed by atoms with van der Waals surface area (Å²) < 4.78 is 0.814. The maximum absolute atomic E-state index is 12.6. The Bertz CT molecular complexity index is 668. The fourth-order valence-corrected chi connectivity index (χ4v) is 3.82. The lowest BCUT2D eigenvalue weighted by Gasteiger charge is -2.35. The summed E-state index contributed by atoms with van der Waals surface area (Å²) in [7, 11) is 0. The van der Waals surface area contributed by atoms with E-state index in [1.54, 1.807) is 6.20 Å². The average molecular weight is 457 g/mol. The minimum Gasteiger partial charge on any atom is -0.478 e. The van der Waals surface area contributed by atoms with Gasteiger partial charge in [0.2, 0.25) is 0 Å². The van der Waals surface area contributed by atoms with Crippen molar-refractivity contribution in [1.29, 1.82) is 0 Å². The molecular formula is C18H24IN3O3. The number of pyridine rings is 1. The monoisotopic (exact) mass is 457 g/mol. The molecule has 1 fully saturated rings. The van der Waals surface area contributed by atoms with Crippen molar-refractivity contribution in [2.24, 2.45) is 11.7 Å². The first-order chi connectivity index (χ1) is 11.8. The summed E-state index contributed by atoms with van der Waals surface area (Å²) in [5.74, 6) is -0.174. The van der Waals surface area contributed by atoms with E-state index in [1.807, 2.05) is 13.0 Å². The zero-order valence-corrected chi connectivity index (χ0v) is 16.5. The number of nitrogens with two attached hydrogens (primary N) is 1. The number of Topliss-reactive ketones (excluding diaryl/α,β-unsaturated/α-hetero) is 1. The van der Waals surface area contributed by atoms with Gasteiger partial charge in [0.15, 0.2) is 5.78 Å². The normalized spacial score (nSPS) is 18.0. The molecule has 1 atom stereocenters. The second-order valence-corrected chi connectivity index (χ2v) is 7.83. The average Bonchev–Trinajstić information content (AvgIpc) is 2.59. The van der Waals surface area contributed by atoms with Gasteiger partial charge in [-0.05, 0) is 66.0 Å². The molecule has 1 saturated carbocycles. The van der Waals surface area contributed by atoms with E-state index in [4.69, 9.17) is 10.8 Å². The first kappa shape index (κ1) is 19.8. The van der Waals surface area contributed by atoms with Gasteiger partial charge in [-0.2, -0.15) is 0 Å². The number of carboxylic acid groups (broad SMARTS) is 1. The zero-order chi connectivity index (χ0) is 18.4. The number of anilines is 1. The van der Waals surface area contributed by atoms with E-state index in [9.17, 15) is 9.59 Å². The van der Waals surface area contributed by atoms with Crippen molar-refractivity contribution in [3.63, 3.8) is 0 Å². The second-order valence-electron chi connectivity index (χ2n) is 6.67. The molecule has 1 heterocycles. The lowest BCUT2D eigenvalue weighted by molar-refractivity contribution is -0.131. The van der Waals surface area contributed by atoms with Crippen LogP contribution in [0.4, 0.5) is 5.82 Å². The van der Waals surface area contributed by atoms with Crippen LogP contribution in [0.25, 0.3) is 6.08 Å². The number of carbonyl (C=O) groups excluding carboxylic acids is 1. The molecule has 136 valence electrons. The number of aliphatic carboxylic acids is 1. The van der Waals surface area contributed by atoms with Crippen LogP contribution in [-0.4, -0.2) is 33.9 Å². The first-order valence-electron chi connectivity index (χ1n) is 8.43. The van der Waals surface area contributed by atoms with E-state index in [1.165, 1.54) is 12.5 Å². The Labute approximate surface area is 161 Å². The van der Waals surface area contributed by atoms with Crippen LogP contribution in [0.1, 0.15) is 44.6 Å². The molecule has 1 aromatic heterocycles. The summed E-state index contributed by atoms with van der Waals surface area (Å²) in [4.78, 5) is 27.4. The van der Waals surface area contributed by atoms with Gasteiger partial charge in [-0.15, -0.1) is 0 Å². The number of nitrogens with zero attached hydrogens (tertiary/aromatic N) is 1. The fourth-order valence-electron chi connectivity index (χ4n) is 3.13. The van der Waals surface area contributed by atoms with Crippen LogP contribution in [0.2, 0.25) is 0 Å². The number of carbonyl (C=O) groups is 2. The summed E-state index contributed by atoms with van der Waals surface area (Å²) in [5, 5.41) is 11.7. The highest BCUT2D eigenvalue weighted by Crippen LogP contribution is 2.31. The number of hydrogen-bond donors (Lipinski definition) is 3. The molecule has 0 radical (unpaired) electrons. The molecule has 1 aliphatic rings. The molecule has 4 N–H and O–H groups in total. The Morgan fingerprint density at radius 2 is 2.12 bits per heavy atom. The largest absolute Gasteiger partial charge is 0.478 e. The number of halogens is 1. The molecule has 1 aliphatic carbocycles. The SMILES string of the molecule is CC(N)(C(=O)CNc1ncc(/C=C/C(=O)O)cc1I)C1CCCCC1. The third-order valence-corrected chi connectivity index (χ3v) is 5.57. The van der Waals surface area contributed by atoms with Crippen LogP contribution in [0, 0.1) is 9.49 Å². The Morgan fingerprint density at radius 1 is 1.44 bits per heavy atom. The summed E-state index contributed by atoms with van der Waals surface area (Å²) in [6.45, 7) is 1.97. The van der Waals surface area contributed by atoms with E-state index in [0.29, 0.717) is 11.4 Å². The quantitative estimate of drug-likeness (QED) is 0.430. The molecule has 0 saturated heterocycles. The number of carboxylic acids is 1. The summed E-state index contributed by atoms with van der Waals surface area (Å²) in [6.07, 6.45) is 9.64. The van der Waals surface area contributed by atoms with Crippen molar-refractivity contribution in [2.45, 2.75) is 44.6 Å². The van der Waals surface area contributed by atoms with Crippen molar-refractivity contribution in [2.75, 3.05) is 11.9 Å². The molecular weight excluding hydrogens is 433 g/mol. The maximum atomic E-state index is 12.6. The number of aromatic nitrogens is 1. The van der Waals surface area contributed by atoms with E-state index in [-0.39, 0.29) is 18.2 Å². The molecule has 0 spiro atoms. The Kier molecular flexibility index (Phi) is 6.95. The van der Waals surface area contributed by atoms with Gasteiger partial charge in [-0.25, -0.2) is 9.78 Å². The van der Waals surface area contributed by atoms with Gasteiger partial charge in [0.1, 0.15) is 5.82 Å².